The molecule has 1 heteroatoms. The van der Waals surface area contributed by atoms with E-state index in [-0.39, 0.29) is 0 Å². The molecule has 0 N–H and O–H groups in total. The zero-order valence-electron chi connectivity index (χ0n) is 9.92. The van der Waals surface area contributed by atoms with Crippen molar-refractivity contribution in [3.8, 4) is 0 Å². The lowest BCUT2D eigenvalue weighted by atomic mass is 9.96. The molecular formula is C14H20O. The highest BCUT2D eigenvalue weighted by Crippen LogP contribution is 2.23. The van der Waals surface area contributed by atoms with Crippen molar-refractivity contribution >= 4 is 0 Å². The molecule has 1 rings (SSSR count). The minimum Gasteiger partial charge on any atom is -0.499 e. The fraction of sp³-hybridized carbons (Fsp3) is 0.429. The molecule has 0 aliphatic rings. The van der Waals surface area contributed by atoms with Gasteiger partial charge in [0.2, 0.25) is 0 Å². The molecule has 1 aromatic carbocycles. The fourth-order valence-electron chi connectivity index (χ4n) is 1.70. The Kier molecular flexibility index (Phi) is 4.41. The van der Waals surface area contributed by atoms with Crippen LogP contribution in [-0.2, 0) is 4.74 Å². The van der Waals surface area contributed by atoms with Gasteiger partial charge in [-0.1, -0.05) is 43.3 Å². The van der Waals surface area contributed by atoms with Crippen LogP contribution in [0.5, 0.6) is 0 Å². The van der Waals surface area contributed by atoms with Crippen molar-refractivity contribution in [3.63, 3.8) is 0 Å². The summed E-state index contributed by atoms with van der Waals surface area (Å²) in [5.41, 5.74) is 2.66. The van der Waals surface area contributed by atoms with Crippen molar-refractivity contribution in [1.29, 1.82) is 0 Å². The summed E-state index contributed by atoms with van der Waals surface area (Å²) >= 11 is 0. The van der Waals surface area contributed by atoms with E-state index >= 15 is 0 Å². The minimum absolute atomic E-state index is 0.476. The number of rotatable bonds is 5. The van der Waals surface area contributed by atoms with Gasteiger partial charge in [-0.2, -0.15) is 0 Å². The first kappa shape index (κ1) is 11.8. The zero-order valence-corrected chi connectivity index (χ0v) is 9.92. The highest BCUT2D eigenvalue weighted by molar-refractivity contribution is 5.25. The van der Waals surface area contributed by atoms with Gasteiger partial charge in [0.05, 0.1) is 12.4 Å². The molecule has 0 aromatic heterocycles. The summed E-state index contributed by atoms with van der Waals surface area (Å²) in [6, 6.07) is 8.61. The molecule has 0 bridgehead atoms. The van der Waals surface area contributed by atoms with Crippen molar-refractivity contribution in [2.45, 2.75) is 33.1 Å². The van der Waals surface area contributed by atoms with E-state index in [4.69, 9.17) is 4.74 Å². The van der Waals surface area contributed by atoms with Crippen molar-refractivity contribution in [2.24, 2.45) is 0 Å². The second kappa shape index (κ2) is 5.59. The molecule has 0 saturated heterocycles. The molecule has 0 saturated carbocycles. The number of ether oxygens (including phenoxy) is 1. The molecule has 0 radical (unpaired) electrons. The molecule has 0 heterocycles. The molecular weight excluding hydrogens is 184 g/mol. The van der Waals surface area contributed by atoms with E-state index in [0.29, 0.717) is 12.5 Å². The maximum absolute atomic E-state index is 5.37. The second-order valence-electron chi connectivity index (χ2n) is 3.99. The van der Waals surface area contributed by atoms with Crippen LogP contribution in [0.1, 0.15) is 37.3 Å². The van der Waals surface area contributed by atoms with Crippen molar-refractivity contribution in [2.75, 3.05) is 6.61 Å². The Labute approximate surface area is 92.8 Å². The SMILES string of the molecule is C=C(CC(C)c1cccc(C)c1)OCC. The molecule has 0 fully saturated rings. The van der Waals surface area contributed by atoms with Gasteiger partial charge in [0.15, 0.2) is 0 Å². The van der Waals surface area contributed by atoms with E-state index in [0.717, 1.165) is 12.2 Å². The van der Waals surface area contributed by atoms with Gasteiger partial charge in [-0.05, 0) is 25.3 Å². The molecule has 0 aliphatic heterocycles. The van der Waals surface area contributed by atoms with Crippen molar-refractivity contribution in [3.05, 3.63) is 47.7 Å². The Morgan fingerprint density at radius 3 is 2.80 bits per heavy atom. The minimum atomic E-state index is 0.476. The van der Waals surface area contributed by atoms with Gasteiger partial charge >= 0.3 is 0 Å². The molecule has 82 valence electrons. The summed E-state index contributed by atoms with van der Waals surface area (Å²) in [7, 11) is 0. The monoisotopic (exact) mass is 204 g/mol. The predicted molar refractivity (Wildman–Crippen MR) is 65.0 cm³/mol. The van der Waals surface area contributed by atoms with Gasteiger partial charge in [0, 0.05) is 6.42 Å². The molecule has 0 amide bonds. The summed E-state index contributed by atoms with van der Waals surface area (Å²) in [5.74, 6) is 1.36. The van der Waals surface area contributed by atoms with Gasteiger partial charge in [-0.15, -0.1) is 0 Å². The topological polar surface area (TPSA) is 9.23 Å². The zero-order chi connectivity index (χ0) is 11.3. The average molecular weight is 204 g/mol. The summed E-state index contributed by atoms with van der Waals surface area (Å²) in [6.45, 7) is 10.9. The van der Waals surface area contributed by atoms with E-state index in [9.17, 15) is 0 Å². The van der Waals surface area contributed by atoms with Gasteiger partial charge in [-0.25, -0.2) is 0 Å². The third kappa shape index (κ3) is 3.78. The third-order valence-corrected chi connectivity index (χ3v) is 2.49. The number of hydrogen-bond donors (Lipinski definition) is 0. The van der Waals surface area contributed by atoms with Crippen LogP contribution in [0.15, 0.2) is 36.6 Å². The second-order valence-corrected chi connectivity index (χ2v) is 3.99. The van der Waals surface area contributed by atoms with Crippen LogP contribution < -0.4 is 0 Å². The Balaban J connectivity index is 2.60. The lowest BCUT2D eigenvalue weighted by Crippen LogP contribution is -1.98. The van der Waals surface area contributed by atoms with Crippen LogP contribution in [0, 0.1) is 6.92 Å². The third-order valence-electron chi connectivity index (χ3n) is 2.49. The summed E-state index contributed by atoms with van der Waals surface area (Å²) in [4.78, 5) is 0. The Hall–Kier alpha value is -1.24. The van der Waals surface area contributed by atoms with Crippen LogP contribution >= 0.6 is 0 Å². The largest absolute Gasteiger partial charge is 0.499 e. The van der Waals surface area contributed by atoms with E-state index < -0.39 is 0 Å². The van der Waals surface area contributed by atoms with Crippen molar-refractivity contribution in [1.82, 2.24) is 0 Å². The quantitative estimate of drug-likeness (QED) is 0.658. The molecule has 15 heavy (non-hydrogen) atoms. The smallest absolute Gasteiger partial charge is 0.0894 e. The number of hydrogen-bond acceptors (Lipinski definition) is 1. The molecule has 1 unspecified atom stereocenters. The standard InChI is InChI=1S/C14H20O/c1-5-15-13(4)10-12(3)14-8-6-7-11(2)9-14/h6-9,12H,4-5,10H2,1-3H3. The first-order chi connectivity index (χ1) is 7.13. The van der Waals surface area contributed by atoms with Gasteiger partial charge in [0.1, 0.15) is 0 Å². The summed E-state index contributed by atoms with van der Waals surface area (Å²) in [5, 5.41) is 0. The van der Waals surface area contributed by atoms with Crippen LogP contribution in [0.4, 0.5) is 0 Å². The first-order valence-electron chi connectivity index (χ1n) is 5.50. The molecule has 1 aromatic rings. The lowest BCUT2D eigenvalue weighted by Gasteiger charge is -2.14. The van der Waals surface area contributed by atoms with E-state index in [1.165, 1.54) is 11.1 Å². The Morgan fingerprint density at radius 1 is 1.47 bits per heavy atom. The maximum atomic E-state index is 5.37. The Bertz CT molecular complexity index is 328. The van der Waals surface area contributed by atoms with Gasteiger partial charge < -0.3 is 4.74 Å². The molecule has 0 spiro atoms. The maximum Gasteiger partial charge on any atom is 0.0894 e. The molecule has 1 nitrogen and oxygen atoms in total. The average Bonchev–Trinajstić information content (AvgIpc) is 2.18. The number of aryl methyl sites for hydroxylation is 1. The van der Waals surface area contributed by atoms with E-state index in [2.05, 4.69) is 44.7 Å². The number of allylic oxidation sites excluding steroid dienone is 1. The highest BCUT2D eigenvalue weighted by atomic mass is 16.5. The highest BCUT2D eigenvalue weighted by Gasteiger charge is 2.07. The lowest BCUT2D eigenvalue weighted by molar-refractivity contribution is 0.216. The molecule has 0 aliphatic carbocycles. The normalized spacial score (nSPS) is 12.2. The molecule has 1 atom stereocenters. The summed E-state index contributed by atoms with van der Waals surface area (Å²) in [6.07, 6.45) is 0.900. The fourth-order valence-corrected chi connectivity index (χ4v) is 1.70. The first-order valence-corrected chi connectivity index (χ1v) is 5.50. The van der Waals surface area contributed by atoms with Crippen molar-refractivity contribution < 1.29 is 4.74 Å². The van der Waals surface area contributed by atoms with Crippen LogP contribution in [-0.4, -0.2) is 6.61 Å². The van der Waals surface area contributed by atoms with E-state index in [1.54, 1.807) is 0 Å². The Morgan fingerprint density at radius 2 is 2.20 bits per heavy atom. The summed E-state index contributed by atoms with van der Waals surface area (Å²) < 4.78 is 5.37. The number of benzene rings is 1. The van der Waals surface area contributed by atoms with E-state index in [1.807, 2.05) is 6.92 Å². The van der Waals surface area contributed by atoms with Crippen LogP contribution in [0.25, 0.3) is 0 Å². The van der Waals surface area contributed by atoms with Crippen LogP contribution in [0.3, 0.4) is 0 Å². The van der Waals surface area contributed by atoms with Gasteiger partial charge in [0.25, 0.3) is 0 Å². The predicted octanol–water partition coefficient (Wildman–Crippen LogP) is 4.04. The van der Waals surface area contributed by atoms with Gasteiger partial charge in [-0.3, -0.25) is 0 Å². The van der Waals surface area contributed by atoms with Crippen LogP contribution in [0.2, 0.25) is 0 Å².